The lowest BCUT2D eigenvalue weighted by Crippen LogP contribution is -2.10. The SMILES string of the molecule is c1ccc(-c2ccc(N(c3ccc(-c4ccccc4)cc3)c3ccc4ccc5c(c4c3)c3ccccc3n5-c3ccccc3)cc2)cc1.c1ccc(-c2ccc(N(c3ccc4ccc5c(c4c3)c3ccccc3n5-c3ccccc3)c3cccc4sc5ccccc5c34)cc2)cc1. The fraction of sp³-hybridized carbons (Fsp3) is 0. The van der Waals surface area contributed by atoms with E-state index in [4.69, 9.17) is 0 Å². The summed E-state index contributed by atoms with van der Waals surface area (Å²) < 4.78 is 7.38. The molecule has 4 nitrogen and oxygen atoms in total. The summed E-state index contributed by atoms with van der Waals surface area (Å²) in [5, 5.41) is 12.6. The molecule has 3 aromatic heterocycles. The smallest absolute Gasteiger partial charge is 0.0554 e. The van der Waals surface area contributed by atoms with Gasteiger partial charge in [-0.3, -0.25) is 0 Å². The molecule has 97 heavy (non-hydrogen) atoms. The van der Waals surface area contributed by atoms with Crippen LogP contribution in [0.5, 0.6) is 0 Å². The van der Waals surface area contributed by atoms with E-state index in [0.29, 0.717) is 0 Å². The molecule has 0 N–H and O–H groups in total. The van der Waals surface area contributed by atoms with Crippen LogP contribution in [-0.4, -0.2) is 9.13 Å². The van der Waals surface area contributed by atoms with Crippen LogP contribution in [-0.2, 0) is 0 Å². The first kappa shape index (κ1) is 57.2. The fourth-order valence-electron chi connectivity index (χ4n) is 14.7. The molecule has 0 saturated carbocycles. The van der Waals surface area contributed by atoms with Gasteiger partial charge in [-0.15, -0.1) is 11.3 Å². The first-order valence-corrected chi connectivity index (χ1v) is 33.9. The van der Waals surface area contributed by atoms with Crippen LogP contribution in [0.25, 0.3) is 130 Å². The minimum absolute atomic E-state index is 1.11. The molecule has 0 bridgehead atoms. The first-order valence-electron chi connectivity index (χ1n) is 33.1. The van der Waals surface area contributed by atoms with Crippen molar-refractivity contribution in [3.8, 4) is 44.8 Å². The van der Waals surface area contributed by atoms with Gasteiger partial charge in [-0.05, 0) is 182 Å². The summed E-state index contributed by atoms with van der Waals surface area (Å²) in [6, 6.07) is 136. The molecular weight excluding hydrogens is 1190 g/mol. The van der Waals surface area contributed by atoms with Crippen molar-refractivity contribution in [1.29, 1.82) is 0 Å². The quantitative estimate of drug-likeness (QED) is 0.128. The fourth-order valence-corrected chi connectivity index (χ4v) is 15.8. The van der Waals surface area contributed by atoms with Crippen LogP contribution in [0.1, 0.15) is 0 Å². The Balaban J connectivity index is 0.000000141. The Labute approximate surface area is 566 Å². The van der Waals surface area contributed by atoms with E-state index in [2.05, 4.69) is 395 Å². The minimum Gasteiger partial charge on any atom is -0.310 e. The van der Waals surface area contributed by atoms with Crippen LogP contribution in [0, 0.1) is 0 Å². The predicted octanol–water partition coefficient (Wildman–Crippen LogP) is 26.2. The van der Waals surface area contributed by atoms with Crippen molar-refractivity contribution in [1.82, 2.24) is 9.13 Å². The second kappa shape index (κ2) is 24.4. The van der Waals surface area contributed by atoms with Crippen LogP contribution in [0.3, 0.4) is 0 Å². The summed E-state index contributed by atoms with van der Waals surface area (Å²) in [7, 11) is 0. The third-order valence-electron chi connectivity index (χ3n) is 19.1. The second-order valence-corrected chi connectivity index (χ2v) is 25.8. The Morgan fingerprint density at radius 3 is 1.00 bits per heavy atom. The Morgan fingerprint density at radius 1 is 0.206 bits per heavy atom. The Morgan fingerprint density at radius 2 is 0.546 bits per heavy atom. The molecule has 5 heteroatoms. The standard InChI is InChI=1S/C46H30N2S.C46H32N2/c1-3-12-31(13-4-1)32-22-26-35(27-23-32)47(41-19-11-21-44-46(41)38-17-8-10-20-43(38)49-44)36-28-24-33-25-29-42-45(39(33)30-36)37-16-7-9-18-40(37)48(42)34-14-5-2-6-15-34;1-4-12-33(13-5-1)35-20-26-39(27-21-35)47(40-28-22-36(23-29-40)34-14-6-2-7-15-34)41-30-24-37-25-31-45-46(43(37)32-41)42-18-10-11-19-44(42)48(45)38-16-8-3-9-17-38/h1-30H;1-32H. The van der Waals surface area contributed by atoms with E-state index in [-0.39, 0.29) is 0 Å². The van der Waals surface area contributed by atoms with Crippen molar-refractivity contribution < 1.29 is 0 Å². The average molecular weight is 1260 g/mol. The molecule has 19 aromatic rings. The number of fused-ring (bicyclic) bond motifs is 13. The van der Waals surface area contributed by atoms with Gasteiger partial charge in [0.1, 0.15) is 0 Å². The van der Waals surface area contributed by atoms with Crippen molar-refractivity contribution in [3.05, 3.63) is 376 Å². The summed E-state index contributed by atoms with van der Waals surface area (Å²) >= 11 is 1.86. The molecule has 0 amide bonds. The summed E-state index contributed by atoms with van der Waals surface area (Å²) in [5.41, 5.74) is 21.2. The third-order valence-corrected chi connectivity index (χ3v) is 20.3. The number of rotatable bonds is 11. The van der Waals surface area contributed by atoms with Crippen molar-refractivity contribution in [2.24, 2.45) is 0 Å². The topological polar surface area (TPSA) is 16.3 Å². The predicted molar refractivity (Wildman–Crippen MR) is 415 cm³/mol. The third kappa shape index (κ3) is 10.2. The maximum Gasteiger partial charge on any atom is 0.0554 e. The van der Waals surface area contributed by atoms with E-state index in [1.165, 1.54) is 130 Å². The van der Waals surface area contributed by atoms with Gasteiger partial charge in [0.2, 0.25) is 0 Å². The highest BCUT2D eigenvalue weighted by atomic mass is 32.1. The van der Waals surface area contributed by atoms with Crippen molar-refractivity contribution in [2.45, 2.75) is 0 Å². The van der Waals surface area contributed by atoms with Gasteiger partial charge in [0.25, 0.3) is 0 Å². The van der Waals surface area contributed by atoms with E-state index in [1.807, 2.05) is 11.3 Å². The van der Waals surface area contributed by atoms with Crippen LogP contribution in [0.4, 0.5) is 34.1 Å². The largest absolute Gasteiger partial charge is 0.310 e. The molecular formula is C92H62N4S. The molecule has 456 valence electrons. The molecule has 0 atom stereocenters. The first-order chi connectivity index (χ1) is 48.1. The lowest BCUT2D eigenvalue weighted by atomic mass is 10.0. The normalized spacial score (nSPS) is 11.5. The highest BCUT2D eigenvalue weighted by Crippen LogP contribution is 2.48. The van der Waals surface area contributed by atoms with Gasteiger partial charge in [-0.2, -0.15) is 0 Å². The number of hydrogen-bond donors (Lipinski definition) is 0. The zero-order valence-electron chi connectivity index (χ0n) is 53.0. The van der Waals surface area contributed by atoms with E-state index < -0.39 is 0 Å². The lowest BCUT2D eigenvalue weighted by molar-refractivity contribution is 1.18. The molecule has 19 rings (SSSR count). The van der Waals surface area contributed by atoms with E-state index in [9.17, 15) is 0 Å². The Kier molecular flexibility index (Phi) is 14.4. The van der Waals surface area contributed by atoms with Gasteiger partial charge in [-0.25, -0.2) is 0 Å². The van der Waals surface area contributed by atoms with Gasteiger partial charge in [0.05, 0.1) is 27.8 Å². The molecule has 0 radical (unpaired) electrons. The highest BCUT2D eigenvalue weighted by Gasteiger charge is 2.23. The van der Waals surface area contributed by atoms with Gasteiger partial charge >= 0.3 is 0 Å². The van der Waals surface area contributed by atoms with Crippen LogP contribution < -0.4 is 9.80 Å². The lowest BCUT2D eigenvalue weighted by Gasteiger charge is -2.27. The molecule has 0 aliphatic heterocycles. The summed E-state index contributed by atoms with van der Waals surface area (Å²) in [6.07, 6.45) is 0. The maximum atomic E-state index is 2.45. The number of anilines is 6. The Hall–Kier alpha value is -12.5. The van der Waals surface area contributed by atoms with Gasteiger partial charge < -0.3 is 18.9 Å². The summed E-state index contributed by atoms with van der Waals surface area (Å²) in [5.74, 6) is 0. The number of thiophene rings is 1. The minimum atomic E-state index is 1.11. The number of hydrogen-bond acceptors (Lipinski definition) is 3. The summed E-state index contributed by atoms with van der Waals surface area (Å²) in [4.78, 5) is 4.82. The van der Waals surface area contributed by atoms with Gasteiger partial charge in [-0.1, -0.05) is 249 Å². The number of para-hydroxylation sites is 4. The molecule has 0 saturated heterocycles. The number of aromatic nitrogens is 2. The maximum absolute atomic E-state index is 2.45. The second-order valence-electron chi connectivity index (χ2n) is 24.8. The number of nitrogens with zero attached hydrogens (tertiary/aromatic N) is 4. The molecule has 0 fully saturated rings. The molecule has 0 aliphatic rings. The highest BCUT2D eigenvalue weighted by molar-refractivity contribution is 7.26. The molecule has 16 aromatic carbocycles. The molecule has 0 spiro atoms. The average Bonchev–Trinajstić information content (AvgIpc) is 1.61. The van der Waals surface area contributed by atoms with Crippen molar-refractivity contribution in [2.75, 3.05) is 9.80 Å². The monoisotopic (exact) mass is 1250 g/mol. The molecule has 0 aliphatic carbocycles. The van der Waals surface area contributed by atoms with E-state index in [0.717, 1.165) is 34.1 Å². The van der Waals surface area contributed by atoms with Crippen LogP contribution in [0.2, 0.25) is 0 Å². The Bertz CT molecular complexity index is 6000. The zero-order valence-corrected chi connectivity index (χ0v) is 53.8. The summed E-state index contributed by atoms with van der Waals surface area (Å²) in [6.45, 7) is 0. The van der Waals surface area contributed by atoms with Gasteiger partial charge in [0.15, 0.2) is 0 Å². The van der Waals surface area contributed by atoms with Crippen LogP contribution in [0.15, 0.2) is 376 Å². The zero-order chi connectivity index (χ0) is 64.2. The van der Waals surface area contributed by atoms with E-state index >= 15 is 0 Å². The van der Waals surface area contributed by atoms with Crippen molar-refractivity contribution in [3.63, 3.8) is 0 Å². The molecule has 0 unspecified atom stereocenters. The van der Waals surface area contributed by atoms with E-state index in [1.54, 1.807) is 0 Å². The van der Waals surface area contributed by atoms with Crippen LogP contribution >= 0.6 is 11.3 Å². The number of benzene rings is 16. The molecule has 3 heterocycles. The van der Waals surface area contributed by atoms with Crippen molar-refractivity contribution >= 4 is 131 Å². The van der Waals surface area contributed by atoms with Gasteiger partial charge in [0, 0.05) is 81.5 Å².